The lowest BCUT2D eigenvalue weighted by atomic mass is 10.1. The van der Waals surface area contributed by atoms with Crippen molar-refractivity contribution in [2.75, 3.05) is 0 Å². The van der Waals surface area contributed by atoms with Crippen LogP contribution >= 0.6 is 0 Å². The van der Waals surface area contributed by atoms with Gasteiger partial charge in [0.15, 0.2) is 11.4 Å². The van der Waals surface area contributed by atoms with Crippen LogP contribution in [0.5, 0.6) is 0 Å². The molecule has 192 valence electrons. The zero-order valence-electron chi connectivity index (χ0n) is 20.7. The first-order chi connectivity index (χ1) is 17.6. The van der Waals surface area contributed by atoms with Crippen LogP contribution in [0.2, 0.25) is 0 Å². The van der Waals surface area contributed by atoms with Crippen molar-refractivity contribution in [2.24, 2.45) is 5.92 Å². The highest BCUT2D eigenvalue weighted by atomic mass is 32.2. The second kappa shape index (κ2) is 9.79. The Morgan fingerprint density at radius 1 is 0.892 bits per heavy atom. The van der Waals surface area contributed by atoms with Gasteiger partial charge in [-0.3, -0.25) is 0 Å². The van der Waals surface area contributed by atoms with E-state index in [0.29, 0.717) is 5.39 Å². The highest BCUT2D eigenvalue weighted by molar-refractivity contribution is 7.90. The van der Waals surface area contributed by atoms with Crippen LogP contribution in [0.15, 0.2) is 88.8 Å². The van der Waals surface area contributed by atoms with Gasteiger partial charge in [-0.05, 0) is 80.6 Å². The van der Waals surface area contributed by atoms with Crippen LogP contribution in [-0.4, -0.2) is 25.8 Å². The van der Waals surface area contributed by atoms with Gasteiger partial charge in [0.05, 0.1) is 4.90 Å². The van der Waals surface area contributed by atoms with E-state index in [1.54, 1.807) is 48.7 Å². The Hall–Kier alpha value is -3.43. The Bertz CT molecular complexity index is 1680. The molecule has 7 nitrogen and oxygen atoms in total. The molecule has 0 atom stereocenters. The predicted molar refractivity (Wildman–Crippen MR) is 143 cm³/mol. The van der Waals surface area contributed by atoms with Gasteiger partial charge in [-0.25, -0.2) is 17.4 Å². The molecular weight excluding hydrogens is 508 g/mol. The van der Waals surface area contributed by atoms with Gasteiger partial charge in [0.2, 0.25) is 0 Å². The van der Waals surface area contributed by atoms with E-state index in [1.165, 1.54) is 24.3 Å². The average Bonchev–Trinajstić information content (AvgIpc) is 3.52. The van der Waals surface area contributed by atoms with Crippen LogP contribution in [0.25, 0.3) is 16.8 Å². The number of allylic oxidation sites excluding steroid dienone is 1. The SMILES string of the molecule is Cc1ccc(S(=O)(=O)OC(=CC2CCCC2)c2cc3cc(C)cnc3n2S(=O)(=O)c2ccccc2)cc1. The van der Waals surface area contributed by atoms with Gasteiger partial charge in [-0.1, -0.05) is 48.7 Å². The Labute approximate surface area is 217 Å². The summed E-state index contributed by atoms with van der Waals surface area (Å²) in [4.78, 5) is 4.49. The fourth-order valence-corrected chi connectivity index (χ4v) is 7.09. The summed E-state index contributed by atoms with van der Waals surface area (Å²) in [5.41, 5.74) is 2.09. The summed E-state index contributed by atoms with van der Waals surface area (Å²) in [5.74, 6) is 0.0615. The number of hydrogen-bond acceptors (Lipinski definition) is 6. The number of aryl methyl sites for hydroxylation is 2. The third kappa shape index (κ3) is 5.06. The van der Waals surface area contributed by atoms with E-state index in [2.05, 4.69) is 4.98 Å². The van der Waals surface area contributed by atoms with Gasteiger partial charge in [-0.2, -0.15) is 8.42 Å². The summed E-state index contributed by atoms with van der Waals surface area (Å²) in [6, 6.07) is 17.8. The molecule has 0 N–H and O–H groups in total. The van der Waals surface area contributed by atoms with Crippen molar-refractivity contribution in [3.05, 3.63) is 95.8 Å². The third-order valence-corrected chi connectivity index (χ3v) is 9.53. The van der Waals surface area contributed by atoms with Gasteiger partial charge in [-0.15, -0.1) is 0 Å². The first-order valence-electron chi connectivity index (χ1n) is 12.2. The first-order valence-corrected chi connectivity index (χ1v) is 15.0. The van der Waals surface area contributed by atoms with Crippen molar-refractivity contribution in [1.82, 2.24) is 8.96 Å². The van der Waals surface area contributed by atoms with E-state index in [9.17, 15) is 16.8 Å². The van der Waals surface area contributed by atoms with E-state index in [1.807, 2.05) is 19.9 Å². The lowest BCUT2D eigenvalue weighted by Crippen LogP contribution is -2.18. The minimum absolute atomic E-state index is 0.00188. The number of hydrogen-bond donors (Lipinski definition) is 0. The quantitative estimate of drug-likeness (QED) is 0.218. The molecule has 9 heteroatoms. The topological polar surface area (TPSA) is 95.3 Å². The summed E-state index contributed by atoms with van der Waals surface area (Å²) < 4.78 is 61.4. The van der Waals surface area contributed by atoms with E-state index < -0.39 is 20.1 Å². The minimum Gasteiger partial charge on any atom is -0.377 e. The fraction of sp³-hybridized carbons (Fsp3) is 0.250. The van der Waals surface area contributed by atoms with Crippen LogP contribution in [0.4, 0.5) is 0 Å². The van der Waals surface area contributed by atoms with E-state index in [0.717, 1.165) is 40.8 Å². The smallest absolute Gasteiger partial charge is 0.339 e. The number of rotatable bonds is 7. The van der Waals surface area contributed by atoms with Crippen LogP contribution in [0.1, 0.15) is 42.5 Å². The summed E-state index contributed by atoms with van der Waals surface area (Å²) in [6.07, 6.45) is 7.14. The maximum atomic E-state index is 13.9. The van der Waals surface area contributed by atoms with Crippen molar-refractivity contribution in [1.29, 1.82) is 0 Å². The maximum absolute atomic E-state index is 13.9. The molecule has 1 aliphatic carbocycles. The van der Waals surface area contributed by atoms with E-state index >= 15 is 0 Å². The first kappa shape index (κ1) is 25.2. The molecule has 0 radical (unpaired) electrons. The van der Waals surface area contributed by atoms with Gasteiger partial charge in [0, 0.05) is 11.6 Å². The molecule has 2 aromatic carbocycles. The molecule has 0 aliphatic heterocycles. The zero-order valence-corrected chi connectivity index (χ0v) is 22.3. The summed E-state index contributed by atoms with van der Waals surface area (Å²) >= 11 is 0. The second-order valence-corrected chi connectivity index (χ2v) is 12.8. The van der Waals surface area contributed by atoms with Gasteiger partial charge >= 0.3 is 10.1 Å². The molecule has 5 rings (SSSR count). The molecule has 1 aliphatic rings. The molecule has 1 fully saturated rings. The van der Waals surface area contributed by atoms with Crippen LogP contribution in [0.3, 0.4) is 0 Å². The van der Waals surface area contributed by atoms with Gasteiger partial charge in [0.25, 0.3) is 10.0 Å². The van der Waals surface area contributed by atoms with Crippen molar-refractivity contribution in [3.63, 3.8) is 0 Å². The lowest BCUT2D eigenvalue weighted by molar-refractivity contribution is 0.457. The number of nitrogens with zero attached hydrogens (tertiary/aromatic N) is 2. The lowest BCUT2D eigenvalue weighted by Gasteiger charge is -2.16. The fourth-order valence-electron chi connectivity index (χ4n) is 4.66. The second-order valence-electron chi connectivity index (χ2n) is 9.46. The molecule has 0 spiro atoms. The number of aromatic nitrogens is 2. The monoisotopic (exact) mass is 536 g/mol. The molecule has 37 heavy (non-hydrogen) atoms. The van der Waals surface area contributed by atoms with Gasteiger partial charge in [0.1, 0.15) is 10.6 Å². The van der Waals surface area contributed by atoms with Crippen LogP contribution in [-0.2, 0) is 24.3 Å². The Kier molecular flexibility index (Phi) is 6.68. The van der Waals surface area contributed by atoms with Crippen LogP contribution in [0, 0.1) is 19.8 Å². The van der Waals surface area contributed by atoms with Crippen molar-refractivity contribution in [2.45, 2.75) is 49.3 Å². The number of benzene rings is 2. The van der Waals surface area contributed by atoms with Crippen molar-refractivity contribution >= 4 is 36.9 Å². The minimum atomic E-state index is -4.24. The molecule has 2 aromatic heterocycles. The summed E-state index contributed by atoms with van der Waals surface area (Å²) in [6.45, 7) is 3.73. The molecule has 0 unspecified atom stereocenters. The molecular formula is C28H28N2O5S2. The summed E-state index contributed by atoms with van der Waals surface area (Å²) in [7, 11) is -8.37. The van der Waals surface area contributed by atoms with Gasteiger partial charge < -0.3 is 4.18 Å². The molecule has 1 saturated carbocycles. The molecule has 4 aromatic rings. The largest absolute Gasteiger partial charge is 0.377 e. The summed E-state index contributed by atoms with van der Waals surface area (Å²) in [5, 5.41) is 0.572. The Balaban J connectivity index is 1.73. The zero-order chi connectivity index (χ0) is 26.2. The van der Waals surface area contributed by atoms with Crippen molar-refractivity contribution in [3.8, 4) is 0 Å². The molecule has 0 saturated heterocycles. The average molecular weight is 537 g/mol. The van der Waals surface area contributed by atoms with E-state index in [4.69, 9.17) is 4.18 Å². The molecule has 0 bridgehead atoms. The van der Waals surface area contributed by atoms with Crippen LogP contribution < -0.4 is 0 Å². The predicted octanol–water partition coefficient (Wildman–Crippen LogP) is 5.83. The highest BCUT2D eigenvalue weighted by Crippen LogP contribution is 2.35. The number of pyridine rings is 1. The highest BCUT2D eigenvalue weighted by Gasteiger charge is 2.30. The Morgan fingerprint density at radius 2 is 1.57 bits per heavy atom. The van der Waals surface area contributed by atoms with E-state index in [-0.39, 0.29) is 32.8 Å². The number of fused-ring (bicyclic) bond motifs is 1. The third-order valence-electron chi connectivity index (χ3n) is 6.57. The molecule has 2 heterocycles. The van der Waals surface area contributed by atoms with Crippen molar-refractivity contribution < 1.29 is 21.0 Å². The Morgan fingerprint density at radius 3 is 2.24 bits per heavy atom. The normalized spacial score (nSPS) is 15.4. The molecule has 0 amide bonds. The standard InChI is InChI=1S/C28H28N2O5S2/c1-20-12-14-25(15-13-20)37(33,34)35-27(17-22-8-6-7-9-22)26-18-23-16-21(2)19-29-28(23)30(26)36(31,32)24-10-4-3-5-11-24/h3-5,10-19,22H,6-9H2,1-2H3. The maximum Gasteiger partial charge on any atom is 0.339 e.